The monoisotopic (exact) mass is 316 g/mol. The lowest BCUT2D eigenvalue weighted by atomic mass is 10.2. The molecule has 2 rings (SSSR count). The maximum Gasteiger partial charge on any atom is 0.246 e. The highest BCUT2D eigenvalue weighted by atomic mass is 32.2. The molecule has 1 aliphatic heterocycles. The lowest BCUT2D eigenvalue weighted by Crippen LogP contribution is -2.31. The fraction of sp³-hybridized carbons (Fsp3) is 0.273. The van der Waals surface area contributed by atoms with E-state index in [1.165, 1.54) is 40.9 Å². The van der Waals surface area contributed by atoms with Crippen LogP contribution in [-0.4, -0.2) is 23.9 Å². The van der Waals surface area contributed by atoms with Gasteiger partial charge in [-0.2, -0.15) is 0 Å². The van der Waals surface area contributed by atoms with Crippen molar-refractivity contribution in [1.82, 2.24) is 0 Å². The van der Waals surface area contributed by atoms with E-state index in [4.69, 9.17) is 17.4 Å². The predicted molar refractivity (Wildman–Crippen MR) is 79.6 cm³/mol. The molecule has 1 aliphatic rings. The fourth-order valence-electron chi connectivity index (χ4n) is 1.73. The predicted octanol–water partition coefficient (Wildman–Crippen LogP) is 1.48. The van der Waals surface area contributed by atoms with Gasteiger partial charge in [-0.15, -0.1) is 0 Å². The maximum absolute atomic E-state index is 12.1. The third kappa shape index (κ3) is 2.81. The summed E-state index contributed by atoms with van der Waals surface area (Å²) in [6.45, 7) is 1.92. The zero-order valence-electron chi connectivity index (χ0n) is 10.1. The smallest absolute Gasteiger partial charge is 0.246 e. The van der Waals surface area contributed by atoms with Gasteiger partial charge in [0, 0.05) is 0 Å². The Morgan fingerprint density at radius 1 is 1.37 bits per heavy atom. The van der Waals surface area contributed by atoms with Crippen molar-refractivity contribution in [3.8, 4) is 0 Å². The lowest BCUT2D eigenvalue weighted by molar-refractivity contribution is -0.116. The number of nitrogens with two attached hydrogens (primary N) is 1. The van der Waals surface area contributed by atoms with Crippen LogP contribution < -0.4 is 10.0 Å². The second kappa shape index (κ2) is 5.20. The van der Waals surface area contributed by atoms with Crippen molar-refractivity contribution >= 4 is 49.9 Å². The van der Waals surface area contributed by atoms with Gasteiger partial charge in [-0.1, -0.05) is 30.9 Å². The molecule has 1 amide bonds. The van der Waals surface area contributed by atoms with Gasteiger partial charge in [0.2, 0.25) is 15.9 Å². The molecule has 2 N–H and O–H groups in total. The number of thioether (sulfide) groups is 1. The summed E-state index contributed by atoms with van der Waals surface area (Å²) in [5.74, 6) is -0.0687. The first-order chi connectivity index (χ1) is 8.84. The number of anilines is 1. The van der Waals surface area contributed by atoms with Gasteiger partial charge in [0.05, 0.1) is 15.8 Å². The van der Waals surface area contributed by atoms with Crippen LogP contribution in [0, 0.1) is 0 Å². The molecule has 5 nitrogen and oxygen atoms in total. The van der Waals surface area contributed by atoms with E-state index in [-0.39, 0.29) is 16.1 Å². The third-order valence-electron chi connectivity index (χ3n) is 2.72. The average Bonchev–Trinajstić information content (AvgIpc) is 2.63. The molecule has 1 fully saturated rings. The highest BCUT2D eigenvalue weighted by Gasteiger charge is 2.36. The number of nitrogens with zero attached hydrogens (tertiary/aromatic N) is 1. The van der Waals surface area contributed by atoms with Crippen LogP contribution >= 0.6 is 24.0 Å². The fourth-order valence-corrected chi connectivity index (χ4v) is 3.71. The third-order valence-corrected chi connectivity index (χ3v) is 5.32. The summed E-state index contributed by atoms with van der Waals surface area (Å²) in [5, 5.41) is 4.86. The minimum Gasteiger partial charge on any atom is -0.273 e. The summed E-state index contributed by atoms with van der Waals surface area (Å²) < 4.78 is 22.8. The molecule has 0 radical (unpaired) electrons. The SMILES string of the molecule is CCC1SC(=S)N(c2ccc(S(N)(=O)=O)cc2)C1=O. The highest BCUT2D eigenvalue weighted by molar-refractivity contribution is 8.25. The van der Waals surface area contributed by atoms with Gasteiger partial charge in [-0.3, -0.25) is 9.69 Å². The minimum atomic E-state index is -3.73. The van der Waals surface area contributed by atoms with E-state index in [2.05, 4.69) is 0 Å². The molecule has 1 atom stereocenters. The first kappa shape index (κ1) is 14.4. The van der Waals surface area contributed by atoms with Crippen LogP contribution in [0.25, 0.3) is 0 Å². The number of primary sulfonamides is 1. The molecule has 1 heterocycles. The molecule has 0 aromatic heterocycles. The van der Waals surface area contributed by atoms with Crippen molar-refractivity contribution in [2.24, 2.45) is 5.14 Å². The number of hydrogen-bond donors (Lipinski definition) is 1. The van der Waals surface area contributed by atoms with Crippen molar-refractivity contribution in [3.63, 3.8) is 0 Å². The van der Waals surface area contributed by atoms with Crippen molar-refractivity contribution in [2.75, 3.05) is 4.90 Å². The number of hydrogen-bond acceptors (Lipinski definition) is 5. The molecule has 8 heteroatoms. The first-order valence-electron chi connectivity index (χ1n) is 5.52. The quantitative estimate of drug-likeness (QED) is 0.854. The number of sulfonamides is 1. The zero-order chi connectivity index (χ0) is 14.2. The summed E-state index contributed by atoms with van der Waals surface area (Å²) in [6, 6.07) is 5.79. The van der Waals surface area contributed by atoms with Crippen LogP contribution in [0.4, 0.5) is 5.69 Å². The van der Waals surface area contributed by atoms with Gasteiger partial charge in [-0.25, -0.2) is 13.6 Å². The molecule has 0 saturated carbocycles. The Hall–Kier alpha value is -0.960. The molecule has 0 aliphatic carbocycles. The average molecular weight is 316 g/mol. The van der Waals surface area contributed by atoms with Crippen LogP contribution in [0.15, 0.2) is 29.2 Å². The topological polar surface area (TPSA) is 80.5 Å². The number of thiocarbonyl (C=S) groups is 1. The number of amides is 1. The molecule has 0 spiro atoms. The number of benzene rings is 1. The van der Waals surface area contributed by atoms with E-state index >= 15 is 0 Å². The molecular weight excluding hydrogens is 304 g/mol. The van der Waals surface area contributed by atoms with Crippen molar-refractivity contribution in [3.05, 3.63) is 24.3 Å². The molecule has 1 aromatic carbocycles. The zero-order valence-corrected chi connectivity index (χ0v) is 12.5. The van der Waals surface area contributed by atoms with Crippen LogP contribution in [0.1, 0.15) is 13.3 Å². The van der Waals surface area contributed by atoms with Crippen molar-refractivity contribution < 1.29 is 13.2 Å². The van der Waals surface area contributed by atoms with Crippen LogP contribution in [0.3, 0.4) is 0 Å². The first-order valence-corrected chi connectivity index (χ1v) is 8.35. The number of rotatable bonds is 3. The Bertz CT molecular complexity index is 625. The Morgan fingerprint density at radius 2 is 1.95 bits per heavy atom. The lowest BCUT2D eigenvalue weighted by Gasteiger charge is -2.15. The van der Waals surface area contributed by atoms with Crippen molar-refractivity contribution in [1.29, 1.82) is 0 Å². The summed E-state index contributed by atoms with van der Waals surface area (Å²) >= 11 is 6.53. The molecule has 0 bridgehead atoms. The molecule has 1 unspecified atom stereocenters. The molecule has 102 valence electrons. The van der Waals surface area contributed by atoms with Crippen LogP contribution in [-0.2, 0) is 14.8 Å². The minimum absolute atomic E-state index is 0.00788. The summed E-state index contributed by atoms with van der Waals surface area (Å²) in [6.07, 6.45) is 0.704. The summed E-state index contributed by atoms with van der Waals surface area (Å²) in [4.78, 5) is 13.5. The van der Waals surface area contributed by atoms with E-state index in [9.17, 15) is 13.2 Å². The Kier molecular flexibility index (Phi) is 3.95. The largest absolute Gasteiger partial charge is 0.273 e. The van der Waals surface area contributed by atoms with E-state index in [1.54, 1.807) is 0 Å². The number of carbonyl (C=O) groups excluding carboxylic acids is 1. The van der Waals surface area contributed by atoms with E-state index in [0.29, 0.717) is 16.4 Å². The summed E-state index contributed by atoms with van der Waals surface area (Å²) in [5.41, 5.74) is 0.561. The Morgan fingerprint density at radius 3 is 2.37 bits per heavy atom. The Labute approximate surface area is 121 Å². The van der Waals surface area contributed by atoms with Gasteiger partial charge >= 0.3 is 0 Å². The highest BCUT2D eigenvalue weighted by Crippen LogP contribution is 2.33. The molecule has 1 aromatic rings. The summed E-state index contributed by atoms with van der Waals surface area (Å²) in [7, 11) is -3.73. The maximum atomic E-state index is 12.1. The van der Waals surface area contributed by atoms with Crippen molar-refractivity contribution in [2.45, 2.75) is 23.5 Å². The normalized spacial score (nSPS) is 20.1. The van der Waals surface area contributed by atoms with Gasteiger partial charge in [0.1, 0.15) is 4.32 Å². The number of carbonyl (C=O) groups is 1. The van der Waals surface area contributed by atoms with Gasteiger partial charge < -0.3 is 0 Å². The Balaban J connectivity index is 2.33. The molecule has 1 saturated heterocycles. The second-order valence-corrected chi connectivity index (χ2v) is 7.39. The van der Waals surface area contributed by atoms with Crippen LogP contribution in [0.2, 0.25) is 0 Å². The second-order valence-electron chi connectivity index (χ2n) is 3.99. The van der Waals surface area contributed by atoms with Gasteiger partial charge in [0.15, 0.2) is 0 Å². The van der Waals surface area contributed by atoms with Gasteiger partial charge in [0.25, 0.3) is 0 Å². The van der Waals surface area contributed by atoms with E-state index in [0.717, 1.165) is 0 Å². The van der Waals surface area contributed by atoms with Crippen LogP contribution in [0.5, 0.6) is 0 Å². The molecular formula is C11H12N2O3S3. The van der Waals surface area contributed by atoms with Gasteiger partial charge in [-0.05, 0) is 30.7 Å². The van der Waals surface area contributed by atoms with E-state index < -0.39 is 10.0 Å². The molecule has 19 heavy (non-hydrogen) atoms. The van der Waals surface area contributed by atoms with E-state index in [1.807, 2.05) is 6.92 Å². The standard InChI is InChI=1S/C11H12N2O3S3/c1-2-9-10(14)13(11(17)18-9)7-3-5-8(6-4-7)19(12,15)16/h3-6,9H,2H2,1H3,(H2,12,15,16).